The van der Waals surface area contributed by atoms with E-state index in [1.54, 1.807) is 0 Å². The maximum Gasteiger partial charge on any atom is 0.387 e. The Hall–Kier alpha value is -1.33. The average molecular weight is 362 g/mol. The standard InChI is InChI=1S/C11H11F5N2O2S2/c1-2-18(5-8(17)21)22(19,20)11(15,16)6-3-4-7(12)10(14)9(6)13/h3-4H,2,5H2,1H3,(H2,17,21). The lowest BCUT2D eigenvalue weighted by atomic mass is 10.2. The highest BCUT2D eigenvalue weighted by atomic mass is 32.2. The van der Waals surface area contributed by atoms with Gasteiger partial charge in [0.05, 0.1) is 17.1 Å². The van der Waals surface area contributed by atoms with Gasteiger partial charge >= 0.3 is 5.25 Å². The third-order valence-corrected chi connectivity index (χ3v) is 4.76. The van der Waals surface area contributed by atoms with Crippen LogP contribution in [0.1, 0.15) is 12.5 Å². The molecule has 0 aliphatic heterocycles. The molecule has 0 aromatic heterocycles. The number of alkyl halides is 2. The van der Waals surface area contributed by atoms with Gasteiger partial charge in [0, 0.05) is 6.54 Å². The summed E-state index contributed by atoms with van der Waals surface area (Å²) in [5.74, 6) is -6.19. The van der Waals surface area contributed by atoms with Crippen molar-refractivity contribution in [3.8, 4) is 0 Å². The molecule has 0 saturated carbocycles. The Balaban J connectivity index is 3.45. The number of nitrogens with zero attached hydrogens (tertiary/aromatic N) is 1. The van der Waals surface area contributed by atoms with Crippen LogP contribution in [0, 0.1) is 17.5 Å². The molecule has 0 bridgehead atoms. The number of nitrogens with two attached hydrogens (primary N) is 1. The van der Waals surface area contributed by atoms with Crippen molar-refractivity contribution in [3.05, 3.63) is 35.1 Å². The first-order valence-electron chi connectivity index (χ1n) is 5.76. The van der Waals surface area contributed by atoms with Gasteiger partial charge in [-0.1, -0.05) is 19.1 Å². The summed E-state index contributed by atoms with van der Waals surface area (Å²) in [6.07, 6.45) is 0. The van der Waals surface area contributed by atoms with Crippen LogP contribution in [0.25, 0.3) is 0 Å². The molecule has 4 nitrogen and oxygen atoms in total. The molecule has 0 atom stereocenters. The first-order chi connectivity index (χ1) is 9.96. The molecule has 22 heavy (non-hydrogen) atoms. The molecule has 0 fully saturated rings. The Morgan fingerprint density at radius 3 is 2.27 bits per heavy atom. The molecule has 1 aromatic carbocycles. The number of hydrogen-bond donors (Lipinski definition) is 1. The zero-order valence-corrected chi connectivity index (χ0v) is 12.7. The van der Waals surface area contributed by atoms with E-state index in [9.17, 15) is 30.4 Å². The molecular formula is C11H11F5N2O2S2. The number of likely N-dealkylation sites (N-methyl/N-ethyl adjacent to an activating group) is 1. The molecule has 0 aliphatic rings. The van der Waals surface area contributed by atoms with E-state index in [1.807, 2.05) is 0 Å². The predicted molar refractivity (Wildman–Crippen MR) is 73.2 cm³/mol. The topological polar surface area (TPSA) is 63.4 Å². The zero-order chi connectivity index (χ0) is 17.3. The van der Waals surface area contributed by atoms with Gasteiger partial charge in [0.25, 0.3) is 10.0 Å². The lowest BCUT2D eigenvalue weighted by Crippen LogP contribution is -2.45. The van der Waals surface area contributed by atoms with Crippen LogP contribution >= 0.6 is 12.2 Å². The zero-order valence-electron chi connectivity index (χ0n) is 11.1. The van der Waals surface area contributed by atoms with Crippen LogP contribution in [0.3, 0.4) is 0 Å². The molecule has 0 radical (unpaired) electrons. The van der Waals surface area contributed by atoms with Crippen molar-refractivity contribution in [2.75, 3.05) is 13.1 Å². The van der Waals surface area contributed by atoms with E-state index < -0.39 is 51.4 Å². The maximum atomic E-state index is 14.2. The maximum absolute atomic E-state index is 14.2. The summed E-state index contributed by atoms with van der Waals surface area (Å²) in [7, 11) is -5.45. The molecule has 0 unspecified atom stereocenters. The van der Waals surface area contributed by atoms with E-state index in [2.05, 4.69) is 12.2 Å². The molecular weight excluding hydrogens is 351 g/mol. The van der Waals surface area contributed by atoms with Crippen LogP contribution in [0.2, 0.25) is 0 Å². The highest BCUT2D eigenvalue weighted by Gasteiger charge is 2.52. The van der Waals surface area contributed by atoms with E-state index in [0.29, 0.717) is 0 Å². The summed E-state index contributed by atoms with van der Waals surface area (Å²) >= 11 is 4.45. The fraction of sp³-hybridized carbons (Fsp3) is 0.364. The lowest BCUT2D eigenvalue weighted by molar-refractivity contribution is 0.0773. The van der Waals surface area contributed by atoms with Gasteiger partial charge in [-0.2, -0.15) is 13.1 Å². The highest BCUT2D eigenvalue weighted by molar-refractivity contribution is 7.89. The van der Waals surface area contributed by atoms with Gasteiger partial charge in [-0.25, -0.2) is 21.6 Å². The van der Waals surface area contributed by atoms with Gasteiger partial charge < -0.3 is 5.73 Å². The second-order valence-corrected chi connectivity index (χ2v) is 6.64. The fourth-order valence-electron chi connectivity index (χ4n) is 1.59. The average Bonchev–Trinajstić information content (AvgIpc) is 2.41. The lowest BCUT2D eigenvalue weighted by Gasteiger charge is -2.26. The fourth-order valence-corrected chi connectivity index (χ4v) is 3.24. The number of benzene rings is 1. The molecule has 0 aliphatic carbocycles. The summed E-state index contributed by atoms with van der Waals surface area (Å²) < 4.78 is 91.8. The van der Waals surface area contributed by atoms with Crippen molar-refractivity contribution < 1.29 is 30.4 Å². The van der Waals surface area contributed by atoms with Gasteiger partial charge in [0.15, 0.2) is 17.5 Å². The van der Waals surface area contributed by atoms with E-state index in [4.69, 9.17) is 5.73 Å². The van der Waals surface area contributed by atoms with Crippen molar-refractivity contribution >= 4 is 27.2 Å². The molecule has 1 rings (SSSR count). The van der Waals surface area contributed by atoms with Crippen LogP contribution in [-0.2, 0) is 15.3 Å². The Labute approximate surface area is 128 Å². The summed E-state index contributed by atoms with van der Waals surface area (Å²) in [4.78, 5) is -0.382. The van der Waals surface area contributed by atoms with E-state index >= 15 is 0 Å². The largest absolute Gasteiger partial charge is 0.392 e. The predicted octanol–water partition coefficient (Wildman–Crippen LogP) is 2.09. The van der Waals surface area contributed by atoms with E-state index in [-0.39, 0.29) is 21.4 Å². The van der Waals surface area contributed by atoms with Crippen LogP contribution < -0.4 is 5.73 Å². The summed E-state index contributed by atoms with van der Waals surface area (Å²) in [5, 5.41) is -4.83. The molecule has 0 spiro atoms. The van der Waals surface area contributed by atoms with Crippen molar-refractivity contribution in [1.29, 1.82) is 0 Å². The third kappa shape index (κ3) is 3.20. The van der Waals surface area contributed by atoms with Crippen molar-refractivity contribution in [1.82, 2.24) is 4.31 Å². The number of rotatable bonds is 6. The summed E-state index contributed by atoms with van der Waals surface area (Å²) in [5.41, 5.74) is 3.32. The molecule has 0 heterocycles. The van der Waals surface area contributed by atoms with Gasteiger partial charge in [0.1, 0.15) is 0 Å². The molecule has 124 valence electrons. The number of sulfonamides is 1. The Morgan fingerprint density at radius 1 is 1.27 bits per heavy atom. The van der Waals surface area contributed by atoms with Crippen LogP contribution in [0.5, 0.6) is 0 Å². The molecule has 2 N–H and O–H groups in total. The minimum atomic E-state index is -5.45. The van der Waals surface area contributed by atoms with Gasteiger partial charge in [-0.3, -0.25) is 0 Å². The first kappa shape index (κ1) is 18.7. The first-order valence-corrected chi connectivity index (χ1v) is 7.61. The number of thiocarbonyl (C=S) groups is 1. The minimum absolute atomic E-state index is 0.167. The SMILES string of the molecule is CCN(CC(N)=S)S(=O)(=O)C(F)(F)c1ccc(F)c(F)c1F. The monoisotopic (exact) mass is 362 g/mol. The smallest absolute Gasteiger partial charge is 0.387 e. The normalized spacial score (nSPS) is 12.7. The molecule has 1 aromatic rings. The third-order valence-electron chi connectivity index (χ3n) is 2.70. The minimum Gasteiger partial charge on any atom is -0.392 e. The highest BCUT2D eigenvalue weighted by Crippen LogP contribution is 2.38. The second-order valence-electron chi connectivity index (χ2n) is 4.14. The van der Waals surface area contributed by atoms with Gasteiger partial charge in [-0.15, -0.1) is 0 Å². The Bertz CT molecular complexity index is 694. The van der Waals surface area contributed by atoms with Crippen LogP contribution in [0.15, 0.2) is 12.1 Å². The van der Waals surface area contributed by atoms with Crippen molar-refractivity contribution in [2.45, 2.75) is 12.2 Å². The van der Waals surface area contributed by atoms with Gasteiger partial charge in [0.2, 0.25) is 0 Å². The van der Waals surface area contributed by atoms with Crippen molar-refractivity contribution in [3.63, 3.8) is 0 Å². The molecule has 0 amide bonds. The number of hydrogen-bond acceptors (Lipinski definition) is 3. The summed E-state index contributed by atoms with van der Waals surface area (Å²) in [6, 6.07) is 0.376. The Kier molecular flexibility index (Phi) is 5.47. The van der Waals surface area contributed by atoms with Crippen molar-refractivity contribution in [2.24, 2.45) is 5.73 Å². The summed E-state index contributed by atoms with van der Waals surface area (Å²) in [6.45, 7) is 0.100. The van der Waals surface area contributed by atoms with E-state index in [1.165, 1.54) is 6.92 Å². The quantitative estimate of drug-likeness (QED) is 0.478. The number of halogens is 5. The molecule has 0 saturated heterocycles. The van der Waals surface area contributed by atoms with Crippen LogP contribution in [0.4, 0.5) is 22.0 Å². The second kappa shape index (κ2) is 6.42. The van der Waals surface area contributed by atoms with Gasteiger partial charge in [-0.05, 0) is 12.1 Å². The Morgan fingerprint density at radius 2 is 1.82 bits per heavy atom. The molecule has 11 heteroatoms. The van der Waals surface area contributed by atoms with E-state index in [0.717, 1.165) is 0 Å². The van der Waals surface area contributed by atoms with Crippen LogP contribution in [-0.4, -0.2) is 30.8 Å².